The predicted octanol–water partition coefficient (Wildman–Crippen LogP) is 5.11. The van der Waals surface area contributed by atoms with Crippen LogP contribution in [0.15, 0.2) is 16.5 Å². The Morgan fingerprint density at radius 2 is 2.07 bits per heavy atom. The third-order valence-electron chi connectivity index (χ3n) is 5.70. The Balaban J connectivity index is 1.68. The fraction of sp³-hybridized carbons (Fsp3) is 0.636. The molecule has 30 heavy (non-hydrogen) atoms. The molecule has 2 fully saturated rings. The SMILES string of the molecule is CC1NCCN(C(=O)OC(C)(C)C)C1c1nc2cc(Cl)cc(NC3CCCC3)c2o1. The zero-order valence-electron chi connectivity index (χ0n) is 18.1. The lowest BCUT2D eigenvalue weighted by Gasteiger charge is -2.39. The lowest BCUT2D eigenvalue weighted by Crippen LogP contribution is -2.54. The van der Waals surface area contributed by atoms with Crippen LogP contribution in [0.4, 0.5) is 10.5 Å². The lowest BCUT2D eigenvalue weighted by molar-refractivity contribution is 0.00267. The van der Waals surface area contributed by atoms with Crippen molar-refractivity contribution < 1.29 is 13.9 Å². The highest BCUT2D eigenvalue weighted by Crippen LogP contribution is 2.36. The number of aromatic nitrogens is 1. The summed E-state index contributed by atoms with van der Waals surface area (Å²) in [4.78, 5) is 19.3. The highest BCUT2D eigenvalue weighted by Gasteiger charge is 2.38. The van der Waals surface area contributed by atoms with Gasteiger partial charge in [-0.15, -0.1) is 0 Å². The number of fused-ring (bicyclic) bond motifs is 1. The molecule has 4 rings (SSSR count). The molecule has 0 radical (unpaired) electrons. The van der Waals surface area contributed by atoms with Gasteiger partial charge in [-0.1, -0.05) is 24.4 Å². The maximum Gasteiger partial charge on any atom is 0.411 e. The topological polar surface area (TPSA) is 79.6 Å². The van der Waals surface area contributed by atoms with Gasteiger partial charge in [0.15, 0.2) is 5.58 Å². The molecule has 1 saturated carbocycles. The minimum Gasteiger partial charge on any atom is -0.444 e. The first-order chi connectivity index (χ1) is 14.2. The Morgan fingerprint density at radius 3 is 2.77 bits per heavy atom. The number of hydrogen-bond acceptors (Lipinski definition) is 6. The molecule has 0 bridgehead atoms. The summed E-state index contributed by atoms with van der Waals surface area (Å²) < 4.78 is 11.9. The number of piperazine rings is 1. The van der Waals surface area contributed by atoms with Crippen LogP contribution in [0, 0.1) is 0 Å². The summed E-state index contributed by atoms with van der Waals surface area (Å²) in [7, 11) is 0. The minimum absolute atomic E-state index is 0.0268. The molecule has 2 aliphatic rings. The van der Waals surface area contributed by atoms with Crippen LogP contribution < -0.4 is 10.6 Å². The number of carbonyl (C=O) groups is 1. The molecule has 1 saturated heterocycles. The first-order valence-electron chi connectivity index (χ1n) is 10.8. The molecule has 1 aliphatic heterocycles. The molecule has 0 spiro atoms. The molecular weight excluding hydrogens is 404 g/mol. The number of ether oxygens (including phenoxy) is 1. The van der Waals surface area contributed by atoms with E-state index in [4.69, 9.17) is 25.7 Å². The molecule has 2 aromatic rings. The number of anilines is 1. The van der Waals surface area contributed by atoms with E-state index >= 15 is 0 Å². The van der Waals surface area contributed by atoms with E-state index in [2.05, 4.69) is 10.6 Å². The van der Waals surface area contributed by atoms with Crippen LogP contribution in [0.5, 0.6) is 0 Å². The summed E-state index contributed by atoms with van der Waals surface area (Å²) >= 11 is 6.37. The van der Waals surface area contributed by atoms with Gasteiger partial charge in [-0.2, -0.15) is 0 Å². The van der Waals surface area contributed by atoms with Gasteiger partial charge in [-0.25, -0.2) is 9.78 Å². The van der Waals surface area contributed by atoms with Gasteiger partial charge in [0.2, 0.25) is 5.89 Å². The van der Waals surface area contributed by atoms with Gasteiger partial charge >= 0.3 is 6.09 Å². The second-order valence-electron chi connectivity index (χ2n) is 9.34. The highest BCUT2D eigenvalue weighted by atomic mass is 35.5. The fourth-order valence-electron chi connectivity index (χ4n) is 4.35. The Hall–Kier alpha value is -1.99. The van der Waals surface area contributed by atoms with Gasteiger partial charge < -0.3 is 19.8 Å². The molecule has 7 nitrogen and oxygen atoms in total. The van der Waals surface area contributed by atoms with Crippen molar-refractivity contribution in [3.8, 4) is 0 Å². The van der Waals surface area contributed by atoms with Crippen molar-refractivity contribution in [2.24, 2.45) is 0 Å². The molecule has 1 amide bonds. The van der Waals surface area contributed by atoms with Crippen molar-refractivity contribution >= 4 is 34.5 Å². The number of amides is 1. The normalized spacial score (nSPS) is 23.2. The largest absolute Gasteiger partial charge is 0.444 e. The highest BCUT2D eigenvalue weighted by molar-refractivity contribution is 6.31. The van der Waals surface area contributed by atoms with Crippen molar-refractivity contribution in [3.05, 3.63) is 23.0 Å². The van der Waals surface area contributed by atoms with Gasteiger partial charge in [-0.3, -0.25) is 4.90 Å². The number of oxazole rings is 1. The Morgan fingerprint density at radius 1 is 1.33 bits per heavy atom. The fourth-order valence-corrected chi connectivity index (χ4v) is 4.56. The number of carbonyl (C=O) groups excluding carboxylic acids is 1. The summed E-state index contributed by atoms with van der Waals surface area (Å²) in [6.45, 7) is 8.85. The monoisotopic (exact) mass is 434 g/mol. The molecule has 8 heteroatoms. The lowest BCUT2D eigenvalue weighted by atomic mass is 10.1. The van der Waals surface area contributed by atoms with Gasteiger partial charge in [0, 0.05) is 30.2 Å². The minimum atomic E-state index is -0.567. The van der Waals surface area contributed by atoms with Gasteiger partial charge in [-0.05, 0) is 52.7 Å². The molecule has 1 aromatic heterocycles. The number of rotatable bonds is 3. The summed E-state index contributed by atoms with van der Waals surface area (Å²) in [5.74, 6) is 0.493. The second kappa shape index (κ2) is 8.27. The zero-order valence-corrected chi connectivity index (χ0v) is 18.9. The molecule has 2 atom stereocenters. The number of hydrogen-bond donors (Lipinski definition) is 2. The van der Waals surface area contributed by atoms with Crippen molar-refractivity contribution in [2.75, 3.05) is 18.4 Å². The van der Waals surface area contributed by atoms with E-state index in [0.717, 1.165) is 18.5 Å². The summed E-state index contributed by atoms with van der Waals surface area (Å²) in [6, 6.07) is 3.74. The third kappa shape index (κ3) is 4.52. The number of benzene rings is 1. The van der Waals surface area contributed by atoms with Crippen LogP contribution in [0.1, 0.15) is 65.3 Å². The Bertz CT molecular complexity index is 917. The second-order valence-corrected chi connectivity index (χ2v) is 9.78. The molecule has 2 unspecified atom stereocenters. The summed E-state index contributed by atoms with van der Waals surface area (Å²) in [5, 5.41) is 7.61. The molecule has 1 aliphatic carbocycles. The molecule has 2 N–H and O–H groups in total. The average Bonchev–Trinajstić information content (AvgIpc) is 3.29. The van der Waals surface area contributed by atoms with E-state index in [1.807, 2.05) is 39.8 Å². The Labute approximate surface area is 182 Å². The van der Waals surface area contributed by atoms with E-state index in [1.165, 1.54) is 12.8 Å². The average molecular weight is 435 g/mol. The van der Waals surface area contributed by atoms with Crippen LogP contribution >= 0.6 is 11.6 Å². The first-order valence-corrected chi connectivity index (χ1v) is 11.2. The van der Waals surface area contributed by atoms with Crippen LogP contribution in [-0.4, -0.2) is 46.8 Å². The Kier molecular flexibility index (Phi) is 5.86. The number of nitrogens with one attached hydrogen (secondary N) is 2. The maximum absolute atomic E-state index is 12.9. The standard InChI is InChI=1S/C22H31ClN4O3/c1-13-18(27(10-9-24-13)21(28)30-22(2,3)4)20-26-17-12-14(23)11-16(19(17)29-20)25-15-7-5-6-8-15/h11-13,15,18,24-25H,5-10H2,1-4H3. The van der Waals surface area contributed by atoms with Crippen molar-refractivity contribution in [2.45, 2.75) is 77.1 Å². The van der Waals surface area contributed by atoms with Gasteiger partial charge in [0.05, 0.1) is 5.69 Å². The van der Waals surface area contributed by atoms with Crippen LogP contribution in [0.25, 0.3) is 11.1 Å². The number of halogens is 1. The van der Waals surface area contributed by atoms with E-state index < -0.39 is 5.60 Å². The van der Waals surface area contributed by atoms with Gasteiger partial charge in [0.25, 0.3) is 0 Å². The summed E-state index contributed by atoms with van der Waals surface area (Å²) in [6.07, 6.45) is 4.40. The van der Waals surface area contributed by atoms with Crippen LogP contribution in [0.3, 0.4) is 0 Å². The quantitative estimate of drug-likeness (QED) is 0.699. The van der Waals surface area contributed by atoms with E-state index in [1.54, 1.807) is 4.90 Å². The number of nitrogens with zero attached hydrogens (tertiary/aromatic N) is 2. The van der Waals surface area contributed by atoms with E-state index in [9.17, 15) is 4.79 Å². The van der Waals surface area contributed by atoms with E-state index in [0.29, 0.717) is 41.1 Å². The first kappa shape index (κ1) is 21.2. The predicted molar refractivity (Wildman–Crippen MR) is 118 cm³/mol. The van der Waals surface area contributed by atoms with Gasteiger partial charge in [0.1, 0.15) is 17.2 Å². The van der Waals surface area contributed by atoms with Crippen molar-refractivity contribution in [1.82, 2.24) is 15.2 Å². The van der Waals surface area contributed by atoms with Crippen molar-refractivity contribution in [1.29, 1.82) is 0 Å². The van der Waals surface area contributed by atoms with Crippen molar-refractivity contribution in [3.63, 3.8) is 0 Å². The third-order valence-corrected chi connectivity index (χ3v) is 5.91. The molecule has 2 heterocycles. The molecule has 164 valence electrons. The summed E-state index contributed by atoms with van der Waals surface area (Å²) in [5.41, 5.74) is 1.68. The zero-order chi connectivity index (χ0) is 21.5. The van der Waals surface area contributed by atoms with Crippen LogP contribution in [0.2, 0.25) is 5.02 Å². The molecule has 1 aromatic carbocycles. The maximum atomic E-state index is 12.9. The van der Waals surface area contributed by atoms with E-state index in [-0.39, 0.29) is 18.2 Å². The smallest absolute Gasteiger partial charge is 0.411 e. The van der Waals surface area contributed by atoms with Crippen LogP contribution in [-0.2, 0) is 4.74 Å². The molecular formula is C22H31ClN4O3.